The Hall–Kier alpha value is -2.24. The molecule has 0 saturated heterocycles. The molecular formula is C10H12N4O2. The molecule has 6 nitrogen and oxygen atoms in total. The maximum absolute atomic E-state index is 11.3. The van der Waals surface area contributed by atoms with E-state index in [2.05, 4.69) is 10.2 Å². The molecule has 2 aromatic rings. The van der Waals surface area contributed by atoms with Gasteiger partial charge in [-0.1, -0.05) is 0 Å². The lowest BCUT2D eigenvalue weighted by Gasteiger charge is -2.08. The van der Waals surface area contributed by atoms with Gasteiger partial charge in [-0.15, -0.1) is 0 Å². The fraction of sp³-hybridized carbons (Fsp3) is 0.200. The minimum Gasteiger partial charge on any atom is -0.496 e. The SMILES string of the molecule is COc1ccc(N)cc1Cn1cn[nH]c1=O. The zero-order valence-corrected chi connectivity index (χ0v) is 8.80. The lowest BCUT2D eigenvalue weighted by Crippen LogP contribution is -2.17. The number of ether oxygens (including phenoxy) is 1. The van der Waals surface area contributed by atoms with Crippen molar-refractivity contribution in [2.24, 2.45) is 0 Å². The smallest absolute Gasteiger partial charge is 0.343 e. The van der Waals surface area contributed by atoms with Crippen LogP contribution in [0.4, 0.5) is 5.69 Å². The number of rotatable bonds is 3. The van der Waals surface area contributed by atoms with E-state index >= 15 is 0 Å². The minimum atomic E-state index is -0.260. The second-order valence-corrected chi connectivity index (χ2v) is 3.36. The molecule has 0 fully saturated rings. The molecule has 0 amide bonds. The summed E-state index contributed by atoms with van der Waals surface area (Å²) in [6, 6.07) is 5.30. The third kappa shape index (κ3) is 1.90. The van der Waals surface area contributed by atoms with Crippen LogP contribution < -0.4 is 16.2 Å². The average Bonchev–Trinajstić information content (AvgIpc) is 2.65. The molecule has 0 unspecified atom stereocenters. The third-order valence-electron chi connectivity index (χ3n) is 2.26. The molecule has 0 aliphatic carbocycles. The quantitative estimate of drug-likeness (QED) is 0.724. The van der Waals surface area contributed by atoms with Crippen molar-refractivity contribution in [3.8, 4) is 5.75 Å². The van der Waals surface area contributed by atoms with E-state index in [0.717, 1.165) is 5.56 Å². The lowest BCUT2D eigenvalue weighted by molar-refractivity contribution is 0.408. The molecule has 0 atom stereocenters. The van der Waals surface area contributed by atoms with Crippen LogP contribution in [0.15, 0.2) is 29.3 Å². The Morgan fingerprint density at radius 1 is 1.56 bits per heavy atom. The zero-order chi connectivity index (χ0) is 11.5. The predicted octanol–water partition coefficient (Wildman–Crippen LogP) is 0.210. The normalized spacial score (nSPS) is 10.3. The molecule has 0 bridgehead atoms. The van der Waals surface area contributed by atoms with Gasteiger partial charge in [-0.3, -0.25) is 4.57 Å². The first-order valence-corrected chi connectivity index (χ1v) is 4.73. The van der Waals surface area contributed by atoms with Gasteiger partial charge in [-0.2, -0.15) is 5.10 Å². The van der Waals surface area contributed by atoms with Gasteiger partial charge in [0, 0.05) is 11.3 Å². The topological polar surface area (TPSA) is 85.9 Å². The van der Waals surface area contributed by atoms with Gasteiger partial charge in [0.15, 0.2) is 0 Å². The minimum absolute atomic E-state index is 0.260. The molecule has 1 aromatic carbocycles. The summed E-state index contributed by atoms with van der Waals surface area (Å²) in [5.74, 6) is 0.697. The molecule has 1 aromatic heterocycles. The lowest BCUT2D eigenvalue weighted by atomic mass is 10.2. The van der Waals surface area contributed by atoms with Crippen LogP contribution in [0.3, 0.4) is 0 Å². The number of nitrogens with zero attached hydrogens (tertiary/aromatic N) is 2. The summed E-state index contributed by atoms with van der Waals surface area (Å²) in [5, 5.41) is 5.98. The predicted molar refractivity (Wildman–Crippen MR) is 59.4 cm³/mol. The highest BCUT2D eigenvalue weighted by atomic mass is 16.5. The van der Waals surface area contributed by atoms with Gasteiger partial charge in [-0.25, -0.2) is 9.89 Å². The van der Waals surface area contributed by atoms with E-state index < -0.39 is 0 Å². The van der Waals surface area contributed by atoms with E-state index in [-0.39, 0.29) is 5.69 Å². The van der Waals surface area contributed by atoms with Crippen molar-refractivity contribution in [1.29, 1.82) is 0 Å². The molecular weight excluding hydrogens is 208 g/mol. The molecule has 3 N–H and O–H groups in total. The maximum Gasteiger partial charge on any atom is 0.343 e. The summed E-state index contributed by atoms with van der Waals surface area (Å²) in [6.07, 6.45) is 1.44. The van der Waals surface area contributed by atoms with E-state index in [1.807, 2.05) is 0 Å². The Morgan fingerprint density at radius 3 is 3.00 bits per heavy atom. The van der Waals surface area contributed by atoms with E-state index in [4.69, 9.17) is 10.5 Å². The summed E-state index contributed by atoms with van der Waals surface area (Å²) in [7, 11) is 1.58. The molecule has 1 heterocycles. The summed E-state index contributed by atoms with van der Waals surface area (Å²) < 4.78 is 6.63. The van der Waals surface area contributed by atoms with Crippen LogP contribution in [0, 0.1) is 0 Å². The number of methoxy groups -OCH3 is 1. The van der Waals surface area contributed by atoms with Gasteiger partial charge < -0.3 is 10.5 Å². The van der Waals surface area contributed by atoms with Gasteiger partial charge in [0.1, 0.15) is 12.1 Å². The summed E-state index contributed by atoms with van der Waals surface area (Å²) in [5.41, 5.74) is 6.89. The maximum atomic E-state index is 11.3. The Bertz CT molecular complexity index is 544. The van der Waals surface area contributed by atoms with Crippen LogP contribution in [-0.4, -0.2) is 21.9 Å². The van der Waals surface area contributed by atoms with Crippen molar-refractivity contribution in [3.05, 3.63) is 40.6 Å². The zero-order valence-electron chi connectivity index (χ0n) is 8.80. The Morgan fingerprint density at radius 2 is 2.38 bits per heavy atom. The number of H-pyrrole nitrogens is 1. The number of benzene rings is 1. The number of nitrogens with one attached hydrogen (secondary N) is 1. The van der Waals surface area contributed by atoms with Gasteiger partial charge in [-0.05, 0) is 18.2 Å². The van der Waals surface area contributed by atoms with Gasteiger partial charge in [0.2, 0.25) is 0 Å². The summed E-state index contributed by atoms with van der Waals surface area (Å²) in [4.78, 5) is 11.3. The van der Waals surface area contributed by atoms with E-state index in [1.54, 1.807) is 25.3 Å². The van der Waals surface area contributed by atoms with Crippen molar-refractivity contribution in [2.45, 2.75) is 6.54 Å². The third-order valence-corrected chi connectivity index (χ3v) is 2.26. The first-order chi connectivity index (χ1) is 7.70. The number of nitrogen functional groups attached to an aromatic ring is 1. The van der Waals surface area contributed by atoms with Crippen molar-refractivity contribution in [1.82, 2.24) is 14.8 Å². The second-order valence-electron chi connectivity index (χ2n) is 3.36. The van der Waals surface area contributed by atoms with Crippen LogP contribution in [0.1, 0.15) is 5.56 Å². The number of aromatic amines is 1. The van der Waals surface area contributed by atoms with Gasteiger partial charge >= 0.3 is 5.69 Å². The van der Waals surface area contributed by atoms with Crippen LogP contribution in [-0.2, 0) is 6.54 Å². The monoisotopic (exact) mass is 220 g/mol. The standard InChI is InChI=1S/C10H12N4O2/c1-16-9-3-2-8(11)4-7(9)5-14-6-12-13-10(14)15/h2-4,6H,5,11H2,1H3,(H,13,15). The molecule has 0 aliphatic rings. The highest BCUT2D eigenvalue weighted by molar-refractivity contribution is 5.47. The Labute approximate surface area is 91.7 Å². The number of hydrogen-bond acceptors (Lipinski definition) is 4. The van der Waals surface area contributed by atoms with Crippen LogP contribution in [0.2, 0.25) is 0 Å². The van der Waals surface area contributed by atoms with E-state index in [9.17, 15) is 4.79 Å². The Balaban J connectivity index is 2.37. The molecule has 0 spiro atoms. The summed E-state index contributed by atoms with van der Waals surface area (Å²) in [6.45, 7) is 0.379. The molecule has 2 rings (SSSR count). The van der Waals surface area contributed by atoms with Crippen LogP contribution >= 0.6 is 0 Å². The first-order valence-electron chi connectivity index (χ1n) is 4.73. The van der Waals surface area contributed by atoms with E-state index in [1.165, 1.54) is 10.9 Å². The van der Waals surface area contributed by atoms with Crippen LogP contribution in [0.5, 0.6) is 5.75 Å². The fourth-order valence-corrected chi connectivity index (χ4v) is 1.49. The average molecular weight is 220 g/mol. The molecule has 6 heteroatoms. The number of aromatic nitrogens is 3. The largest absolute Gasteiger partial charge is 0.496 e. The number of nitrogens with two attached hydrogens (primary N) is 1. The molecule has 16 heavy (non-hydrogen) atoms. The number of hydrogen-bond donors (Lipinski definition) is 2. The molecule has 84 valence electrons. The van der Waals surface area contributed by atoms with Gasteiger partial charge in [0.05, 0.1) is 13.7 Å². The van der Waals surface area contributed by atoms with E-state index in [0.29, 0.717) is 18.0 Å². The molecule has 0 saturated carbocycles. The summed E-state index contributed by atoms with van der Waals surface area (Å²) >= 11 is 0. The molecule has 0 aliphatic heterocycles. The van der Waals surface area contributed by atoms with Crippen LogP contribution in [0.25, 0.3) is 0 Å². The van der Waals surface area contributed by atoms with Gasteiger partial charge in [0.25, 0.3) is 0 Å². The fourth-order valence-electron chi connectivity index (χ4n) is 1.49. The highest BCUT2D eigenvalue weighted by Gasteiger charge is 2.06. The molecule has 0 radical (unpaired) electrons. The Kier molecular flexibility index (Phi) is 2.63. The highest BCUT2D eigenvalue weighted by Crippen LogP contribution is 2.21. The number of anilines is 1. The first kappa shape index (κ1) is 10.3. The second kappa shape index (κ2) is 4.09. The van der Waals surface area contributed by atoms with Crippen molar-refractivity contribution in [2.75, 3.05) is 12.8 Å². The van der Waals surface area contributed by atoms with Crippen molar-refractivity contribution < 1.29 is 4.74 Å². The van der Waals surface area contributed by atoms with Crippen molar-refractivity contribution in [3.63, 3.8) is 0 Å². The van der Waals surface area contributed by atoms with Crippen molar-refractivity contribution >= 4 is 5.69 Å².